The summed E-state index contributed by atoms with van der Waals surface area (Å²) in [6.07, 6.45) is 1.55. The standard InChI is InChI=1S/C34H28BrCl2N3O3/c1-3-42-32-19-24(17-28(35)33(32)43-21-23-10-15-29(36)30(37)18-23)20-38-39-34(41)26-11-13-27(14-12-26)40-22(2)9-16-31(40)25-7-5-4-6-8-25/h4-20H,3,21H2,1-2H3,(H,39,41)/b38-20+. The number of ether oxygens (including phenoxy) is 2. The van der Waals surface area contributed by atoms with E-state index >= 15 is 0 Å². The summed E-state index contributed by atoms with van der Waals surface area (Å²) in [7, 11) is 0. The fourth-order valence-corrected chi connectivity index (χ4v) is 5.45. The van der Waals surface area contributed by atoms with E-state index in [1.165, 1.54) is 0 Å². The van der Waals surface area contributed by atoms with Gasteiger partial charge in [-0.15, -0.1) is 0 Å². The first-order valence-corrected chi connectivity index (χ1v) is 15.1. The van der Waals surface area contributed by atoms with Crippen molar-refractivity contribution in [3.63, 3.8) is 0 Å². The molecule has 4 aromatic carbocycles. The highest BCUT2D eigenvalue weighted by Crippen LogP contribution is 2.37. The Morgan fingerprint density at radius 3 is 2.42 bits per heavy atom. The van der Waals surface area contributed by atoms with Crippen molar-refractivity contribution in [3.05, 3.63) is 134 Å². The van der Waals surface area contributed by atoms with Gasteiger partial charge >= 0.3 is 0 Å². The van der Waals surface area contributed by atoms with Crippen LogP contribution in [0.15, 0.2) is 107 Å². The lowest BCUT2D eigenvalue weighted by molar-refractivity contribution is 0.0955. The summed E-state index contributed by atoms with van der Waals surface area (Å²) >= 11 is 15.7. The summed E-state index contributed by atoms with van der Waals surface area (Å²) in [5, 5.41) is 5.12. The normalized spacial score (nSPS) is 11.1. The predicted molar refractivity (Wildman–Crippen MR) is 177 cm³/mol. The Hall–Kier alpha value is -4.04. The van der Waals surface area contributed by atoms with Crippen molar-refractivity contribution >= 4 is 51.3 Å². The first kappa shape index (κ1) is 30.4. The highest BCUT2D eigenvalue weighted by molar-refractivity contribution is 9.10. The Bertz CT molecular complexity index is 1770. The Morgan fingerprint density at radius 1 is 0.930 bits per heavy atom. The monoisotopic (exact) mass is 675 g/mol. The molecule has 5 rings (SSSR count). The van der Waals surface area contributed by atoms with Gasteiger partial charge in [-0.1, -0.05) is 59.6 Å². The third kappa shape index (κ3) is 7.31. The summed E-state index contributed by atoms with van der Waals surface area (Å²) in [5.74, 6) is 0.763. The maximum atomic E-state index is 12.8. The molecule has 0 bridgehead atoms. The quantitative estimate of drug-likeness (QED) is 0.118. The lowest BCUT2D eigenvalue weighted by Gasteiger charge is -2.15. The molecular formula is C34H28BrCl2N3O3. The Kier molecular flexibility index (Phi) is 9.87. The average molecular weight is 677 g/mol. The van der Waals surface area contributed by atoms with Crippen LogP contribution < -0.4 is 14.9 Å². The van der Waals surface area contributed by atoms with Gasteiger partial charge in [0.15, 0.2) is 11.5 Å². The van der Waals surface area contributed by atoms with Gasteiger partial charge in [-0.3, -0.25) is 4.79 Å². The minimum absolute atomic E-state index is 0.273. The zero-order valence-electron chi connectivity index (χ0n) is 23.5. The molecule has 0 aliphatic carbocycles. The van der Waals surface area contributed by atoms with Gasteiger partial charge in [-0.2, -0.15) is 5.10 Å². The maximum absolute atomic E-state index is 12.8. The first-order valence-electron chi connectivity index (χ1n) is 13.5. The summed E-state index contributed by atoms with van der Waals surface area (Å²) in [4.78, 5) is 12.8. The molecule has 1 amide bonds. The lowest BCUT2D eigenvalue weighted by atomic mass is 10.1. The number of hydrogen-bond acceptors (Lipinski definition) is 4. The van der Waals surface area contributed by atoms with Crippen molar-refractivity contribution in [3.8, 4) is 28.4 Å². The Balaban J connectivity index is 1.26. The molecule has 1 aromatic heterocycles. The molecule has 1 heterocycles. The third-order valence-electron chi connectivity index (χ3n) is 6.61. The smallest absolute Gasteiger partial charge is 0.271 e. The van der Waals surface area contributed by atoms with E-state index in [1.807, 2.05) is 49.4 Å². The number of carbonyl (C=O) groups is 1. The lowest BCUT2D eigenvalue weighted by Crippen LogP contribution is -2.17. The number of aromatic nitrogens is 1. The predicted octanol–water partition coefficient (Wildman–Crippen LogP) is 9.26. The largest absolute Gasteiger partial charge is 0.490 e. The van der Waals surface area contributed by atoms with E-state index < -0.39 is 0 Å². The van der Waals surface area contributed by atoms with Crippen LogP contribution in [0.1, 0.15) is 34.1 Å². The maximum Gasteiger partial charge on any atom is 0.271 e. The van der Waals surface area contributed by atoms with E-state index in [1.54, 1.807) is 36.5 Å². The molecule has 218 valence electrons. The highest BCUT2D eigenvalue weighted by Gasteiger charge is 2.14. The molecule has 0 atom stereocenters. The van der Waals surface area contributed by atoms with Crippen LogP contribution >= 0.6 is 39.1 Å². The summed E-state index contributed by atoms with van der Waals surface area (Å²) in [6.45, 7) is 4.67. The third-order valence-corrected chi connectivity index (χ3v) is 7.94. The Labute approximate surface area is 269 Å². The van der Waals surface area contributed by atoms with Gasteiger partial charge < -0.3 is 14.0 Å². The van der Waals surface area contributed by atoms with Gasteiger partial charge in [0.1, 0.15) is 6.61 Å². The number of benzene rings is 4. The van der Waals surface area contributed by atoms with Crippen LogP contribution in [0.5, 0.6) is 11.5 Å². The molecule has 0 spiro atoms. The summed E-state index contributed by atoms with van der Waals surface area (Å²) in [6, 6.07) is 30.8. The number of rotatable bonds is 10. The van der Waals surface area contributed by atoms with E-state index in [0.717, 1.165) is 28.2 Å². The molecule has 6 nitrogen and oxygen atoms in total. The molecule has 0 aliphatic rings. The van der Waals surface area contributed by atoms with E-state index in [2.05, 4.69) is 62.2 Å². The van der Waals surface area contributed by atoms with Gasteiger partial charge in [0.25, 0.3) is 5.91 Å². The fraction of sp³-hybridized carbons (Fsp3) is 0.118. The number of hydrazone groups is 1. The van der Waals surface area contributed by atoms with Crippen LogP contribution in [0.4, 0.5) is 0 Å². The van der Waals surface area contributed by atoms with Gasteiger partial charge in [-0.25, -0.2) is 5.43 Å². The van der Waals surface area contributed by atoms with Crippen LogP contribution in [0.2, 0.25) is 10.0 Å². The minimum atomic E-state index is -0.319. The molecule has 5 aromatic rings. The molecule has 0 saturated heterocycles. The molecule has 0 saturated carbocycles. The number of aryl methyl sites for hydroxylation is 1. The van der Waals surface area contributed by atoms with E-state index in [0.29, 0.717) is 43.8 Å². The number of halogens is 3. The van der Waals surface area contributed by atoms with Crippen molar-refractivity contribution in [1.29, 1.82) is 0 Å². The van der Waals surface area contributed by atoms with Crippen LogP contribution in [-0.4, -0.2) is 23.3 Å². The summed E-state index contributed by atoms with van der Waals surface area (Å²) in [5.41, 5.74) is 8.96. The zero-order valence-corrected chi connectivity index (χ0v) is 26.6. The van der Waals surface area contributed by atoms with E-state index in [9.17, 15) is 4.79 Å². The molecule has 9 heteroatoms. The molecular weight excluding hydrogens is 649 g/mol. The number of amides is 1. The Morgan fingerprint density at radius 2 is 1.70 bits per heavy atom. The van der Waals surface area contributed by atoms with Crippen LogP contribution in [0, 0.1) is 6.92 Å². The second-order valence-electron chi connectivity index (χ2n) is 9.61. The molecule has 0 unspecified atom stereocenters. The number of hydrogen-bond donors (Lipinski definition) is 1. The SMILES string of the molecule is CCOc1cc(/C=N/NC(=O)c2ccc(-n3c(C)ccc3-c3ccccc3)cc2)cc(Br)c1OCc1ccc(Cl)c(Cl)c1. The van der Waals surface area contributed by atoms with Crippen LogP contribution in [0.3, 0.4) is 0 Å². The van der Waals surface area contributed by atoms with Gasteiger partial charge in [-0.05, 0) is 107 Å². The van der Waals surface area contributed by atoms with E-state index in [-0.39, 0.29) is 12.5 Å². The van der Waals surface area contributed by atoms with Crippen molar-refractivity contribution in [2.24, 2.45) is 5.10 Å². The van der Waals surface area contributed by atoms with Gasteiger partial charge in [0.05, 0.1) is 33.0 Å². The highest BCUT2D eigenvalue weighted by atomic mass is 79.9. The van der Waals surface area contributed by atoms with Crippen molar-refractivity contribution in [2.75, 3.05) is 6.61 Å². The zero-order chi connectivity index (χ0) is 30.3. The minimum Gasteiger partial charge on any atom is -0.490 e. The molecule has 0 aliphatic heterocycles. The molecule has 0 radical (unpaired) electrons. The van der Waals surface area contributed by atoms with Gasteiger partial charge in [0.2, 0.25) is 0 Å². The topological polar surface area (TPSA) is 64.8 Å². The van der Waals surface area contributed by atoms with Crippen molar-refractivity contribution < 1.29 is 14.3 Å². The first-order chi connectivity index (χ1) is 20.8. The van der Waals surface area contributed by atoms with Crippen LogP contribution in [-0.2, 0) is 6.61 Å². The van der Waals surface area contributed by atoms with Crippen molar-refractivity contribution in [1.82, 2.24) is 9.99 Å². The number of nitrogens with zero attached hydrogens (tertiary/aromatic N) is 2. The average Bonchev–Trinajstić information content (AvgIpc) is 3.40. The number of carbonyl (C=O) groups excluding carboxylic acids is 1. The van der Waals surface area contributed by atoms with Crippen LogP contribution in [0.25, 0.3) is 16.9 Å². The van der Waals surface area contributed by atoms with Crippen molar-refractivity contribution in [2.45, 2.75) is 20.5 Å². The second-order valence-corrected chi connectivity index (χ2v) is 11.3. The molecule has 0 fully saturated rings. The second kappa shape index (κ2) is 14.0. The fourth-order valence-electron chi connectivity index (χ4n) is 4.56. The molecule has 1 N–H and O–H groups in total. The van der Waals surface area contributed by atoms with Gasteiger partial charge in [0, 0.05) is 16.9 Å². The molecule has 43 heavy (non-hydrogen) atoms. The number of nitrogens with one attached hydrogen (secondary N) is 1. The van der Waals surface area contributed by atoms with E-state index in [4.69, 9.17) is 32.7 Å². The summed E-state index contributed by atoms with van der Waals surface area (Å²) < 4.78 is 14.7.